The molecule has 9 nitrogen and oxygen atoms in total. The molecule has 3 aromatic rings. The molecule has 0 aliphatic rings. The Hall–Kier alpha value is -4.31. The molecule has 3 rings (SSSR count). The Morgan fingerprint density at radius 1 is 1.00 bits per heavy atom. The van der Waals surface area contributed by atoms with Gasteiger partial charge in [-0.05, 0) is 46.8 Å². The van der Waals surface area contributed by atoms with E-state index < -0.39 is 16.7 Å². The van der Waals surface area contributed by atoms with Crippen molar-refractivity contribution in [3.63, 3.8) is 0 Å². The second-order valence-corrected chi connectivity index (χ2v) is 6.84. The predicted octanol–water partition coefficient (Wildman–Crippen LogP) is 2.86. The van der Waals surface area contributed by atoms with Crippen LogP contribution in [0.2, 0.25) is 0 Å². The van der Waals surface area contributed by atoms with E-state index in [1.807, 2.05) is 42.5 Å². The Morgan fingerprint density at radius 3 is 2.47 bits per heavy atom. The zero-order chi connectivity index (χ0) is 22.9. The molecule has 0 fully saturated rings. The van der Waals surface area contributed by atoms with Gasteiger partial charge >= 0.3 is 0 Å². The van der Waals surface area contributed by atoms with Crippen LogP contribution in [-0.2, 0) is 9.59 Å². The van der Waals surface area contributed by atoms with Crippen molar-refractivity contribution in [3.8, 4) is 5.75 Å². The van der Waals surface area contributed by atoms with E-state index >= 15 is 0 Å². The fourth-order valence-electron chi connectivity index (χ4n) is 2.72. The summed E-state index contributed by atoms with van der Waals surface area (Å²) in [5.74, 6) is -0.738. The number of benzene rings is 3. The standard InChI is InChI=1S/C22H18N4O5S/c27-20(13-8-16-6-3-5-15-4-1-2-7-19(15)16)23-22(32)25-24-21(28)14-31-18-11-9-17(10-12-18)26(29)30/h1-13H,14H2,(H,24,28)(H2,23,25,27,32)/b13-8+. The molecule has 0 spiro atoms. The lowest BCUT2D eigenvalue weighted by Crippen LogP contribution is -2.49. The maximum atomic E-state index is 12.1. The molecule has 0 aliphatic heterocycles. The van der Waals surface area contributed by atoms with Gasteiger partial charge in [0.05, 0.1) is 4.92 Å². The number of fused-ring (bicyclic) bond motifs is 1. The van der Waals surface area contributed by atoms with Crippen molar-refractivity contribution < 1.29 is 19.2 Å². The predicted molar refractivity (Wildman–Crippen MR) is 124 cm³/mol. The number of nitro groups is 1. The highest BCUT2D eigenvalue weighted by Gasteiger charge is 2.08. The average Bonchev–Trinajstić information content (AvgIpc) is 2.80. The van der Waals surface area contributed by atoms with Crippen LogP contribution in [0, 0.1) is 10.1 Å². The second-order valence-electron chi connectivity index (χ2n) is 6.43. The lowest BCUT2D eigenvalue weighted by Gasteiger charge is -2.10. The number of nitrogens with one attached hydrogen (secondary N) is 3. The molecule has 0 saturated carbocycles. The largest absolute Gasteiger partial charge is 0.484 e. The Labute approximate surface area is 188 Å². The van der Waals surface area contributed by atoms with E-state index in [1.54, 1.807) is 6.08 Å². The Balaban J connectivity index is 1.42. The van der Waals surface area contributed by atoms with Crippen LogP contribution in [0.5, 0.6) is 5.75 Å². The highest BCUT2D eigenvalue weighted by Crippen LogP contribution is 2.19. The van der Waals surface area contributed by atoms with Crippen molar-refractivity contribution in [2.24, 2.45) is 0 Å². The molecule has 3 N–H and O–H groups in total. The third-order valence-corrected chi connectivity index (χ3v) is 4.41. The van der Waals surface area contributed by atoms with Crippen molar-refractivity contribution in [1.82, 2.24) is 16.2 Å². The van der Waals surface area contributed by atoms with Gasteiger partial charge in [-0.2, -0.15) is 0 Å². The van der Waals surface area contributed by atoms with Gasteiger partial charge in [0.25, 0.3) is 11.6 Å². The number of ether oxygens (including phenoxy) is 1. The third kappa shape index (κ3) is 6.34. The van der Waals surface area contributed by atoms with Gasteiger partial charge in [0.15, 0.2) is 11.7 Å². The first-order valence-corrected chi connectivity index (χ1v) is 9.76. The van der Waals surface area contributed by atoms with Crippen LogP contribution in [0.15, 0.2) is 72.8 Å². The maximum absolute atomic E-state index is 12.1. The molecule has 0 radical (unpaired) electrons. The van der Waals surface area contributed by atoms with Gasteiger partial charge in [0.1, 0.15) is 5.75 Å². The van der Waals surface area contributed by atoms with Gasteiger partial charge in [0, 0.05) is 18.2 Å². The highest BCUT2D eigenvalue weighted by molar-refractivity contribution is 7.80. The van der Waals surface area contributed by atoms with Crippen LogP contribution in [-0.4, -0.2) is 28.5 Å². The van der Waals surface area contributed by atoms with Gasteiger partial charge in [-0.15, -0.1) is 0 Å². The summed E-state index contributed by atoms with van der Waals surface area (Å²) in [6.07, 6.45) is 3.02. The highest BCUT2D eigenvalue weighted by atomic mass is 32.1. The molecule has 0 bridgehead atoms. The average molecular weight is 450 g/mol. The van der Waals surface area contributed by atoms with E-state index in [1.165, 1.54) is 30.3 Å². The minimum absolute atomic E-state index is 0.0842. The number of non-ortho nitro benzene ring substituents is 1. The number of nitrogens with zero attached hydrogens (tertiary/aromatic N) is 1. The van der Waals surface area contributed by atoms with E-state index in [-0.39, 0.29) is 17.4 Å². The fourth-order valence-corrected chi connectivity index (χ4v) is 2.87. The second kappa shape index (κ2) is 10.6. The summed E-state index contributed by atoms with van der Waals surface area (Å²) >= 11 is 4.98. The molecule has 0 atom stereocenters. The van der Waals surface area contributed by atoms with Crippen LogP contribution >= 0.6 is 12.2 Å². The molecule has 2 amide bonds. The van der Waals surface area contributed by atoms with Gasteiger partial charge in [-0.3, -0.25) is 35.9 Å². The minimum Gasteiger partial charge on any atom is -0.484 e. The number of carbonyl (C=O) groups is 2. The summed E-state index contributed by atoms with van der Waals surface area (Å²) in [6.45, 7) is -0.359. The summed E-state index contributed by atoms with van der Waals surface area (Å²) in [5, 5.41) is 15.0. The number of amides is 2. The molecule has 10 heteroatoms. The SMILES string of the molecule is O=C(/C=C/c1cccc2ccccc12)NC(=S)NNC(=O)COc1ccc([N+](=O)[O-])cc1. The van der Waals surface area contributed by atoms with Crippen molar-refractivity contribution in [1.29, 1.82) is 0 Å². The summed E-state index contributed by atoms with van der Waals surface area (Å²) in [7, 11) is 0. The number of nitro benzene ring substituents is 1. The van der Waals surface area contributed by atoms with Gasteiger partial charge in [0.2, 0.25) is 5.91 Å². The van der Waals surface area contributed by atoms with E-state index in [0.29, 0.717) is 5.75 Å². The van der Waals surface area contributed by atoms with E-state index in [2.05, 4.69) is 16.2 Å². The zero-order valence-electron chi connectivity index (χ0n) is 16.6. The number of carbonyl (C=O) groups excluding carboxylic acids is 2. The van der Waals surface area contributed by atoms with Crippen molar-refractivity contribution in [2.75, 3.05) is 6.61 Å². The molecular weight excluding hydrogens is 432 g/mol. The topological polar surface area (TPSA) is 123 Å². The van der Waals surface area contributed by atoms with E-state index in [9.17, 15) is 19.7 Å². The lowest BCUT2D eigenvalue weighted by molar-refractivity contribution is -0.384. The van der Waals surface area contributed by atoms with Crippen molar-refractivity contribution in [3.05, 3.63) is 88.5 Å². The Morgan fingerprint density at radius 2 is 1.72 bits per heavy atom. The molecular formula is C22H18N4O5S. The van der Waals surface area contributed by atoms with Crippen LogP contribution in [0.3, 0.4) is 0 Å². The number of rotatable bonds is 6. The monoisotopic (exact) mass is 450 g/mol. The molecule has 0 heterocycles. The van der Waals surface area contributed by atoms with Crippen LogP contribution < -0.4 is 20.9 Å². The van der Waals surface area contributed by atoms with E-state index in [0.717, 1.165) is 16.3 Å². The third-order valence-electron chi connectivity index (χ3n) is 4.21. The molecule has 162 valence electrons. The van der Waals surface area contributed by atoms with E-state index in [4.69, 9.17) is 17.0 Å². The Kier molecular flexibility index (Phi) is 7.44. The number of hydrogen-bond acceptors (Lipinski definition) is 6. The summed E-state index contributed by atoms with van der Waals surface area (Å²) in [5.41, 5.74) is 5.48. The minimum atomic E-state index is -0.564. The molecule has 0 aromatic heterocycles. The maximum Gasteiger partial charge on any atom is 0.276 e. The summed E-state index contributed by atoms with van der Waals surface area (Å²) in [4.78, 5) is 34.0. The molecule has 0 aliphatic carbocycles. The van der Waals surface area contributed by atoms with Gasteiger partial charge in [-0.1, -0.05) is 42.5 Å². The van der Waals surface area contributed by atoms with Gasteiger partial charge in [-0.25, -0.2) is 0 Å². The normalized spacial score (nSPS) is 10.5. The lowest BCUT2D eigenvalue weighted by atomic mass is 10.0. The first kappa shape index (κ1) is 22.4. The van der Waals surface area contributed by atoms with Crippen LogP contribution in [0.25, 0.3) is 16.8 Å². The first-order valence-electron chi connectivity index (χ1n) is 9.35. The summed E-state index contributed by atoms with van der Waals surface area (Å²) in [6, 6.07) is 18.9. The fraction of sp³-hybridized carbons (Fsp3) is 0.0455. The molecule has 32 heavy (non-hydrogen) atoms. The molecule has 0 unspecified atom stereocenters. The smallest absolute Gasteiger partial charge is 0.276 e. The van der Waals surface area contributed by atoms with Crippen molar-refractivity contribution >= 4 is 51.7 Å². The molecule has 3 aromatic carbocycles. The zero-order valence-corrected chi connectivity index (χ0v) is 17.4. The van der Waals surface area contributed by atoms with Crippen LogP contribution in [0.4, 0.5) is 5.69 Å². The quantitative estimate of drug-likeness (QED) is 0.228. The first-order chi connectivity index (χ1) is 15.4. The van der Waals surface area contributed by atoms with Crippen molar-refractivity contribution in [2.45, 2.75) is 0 Å². The van der Waals surface area contributed by atoms with Gasteiger partial charge < -0.3 is 4.74 Å². The number of thiocarbonyl (C=S) groups is 1. The molecule has 0 saturated heterocycles. The Bertz CT molecular complexity index is 1190. The van der Waals surface area contributed by atoms with Crippen LogP contribution in [0.1, 0.15) is 5.56 Å². The number of hydrazine groups is 1. The number of hydrogen-bond donors (Lipinski definition) is 3. The summed E-state index contributed by atoms with van der Waals surface area (Å²) < 4.78 is 5.22.